The fraction of sp³-hybridized carbons (Fsp3) is 0.538. The molecule has 2 aromatic rings. The number of rotatable bonds is 2. The first kappa shape index (κ1) is 14.8. The van der Waals surface area contributed by atoms with Crippen LogP contribution in [0.4, 0.5) is 0 Å². The Morgan fingerprint density at radius 3 is 2.77 bits per heavy atom. The van der Waals surface area contributed by atoms with Crippen molar-refractivity contribution in [2.75, 3.05) is 6.54 Å². The van der Waals surface area contributed by atoms with Gasteiger partial charge in [-0.3, -0.25) is 14.5 Å². The zero-order valence-electron chi connectivity index (χ0n) is 12.4. The van der Waals surface area contributed by atoms with E-state index in [-0.39, 0.29) is 23.3 Å². The molecule has 8 nitrogen and oxygen atoms in total. The summed E-state index contributed by atoms with van der Waals surface area (Å²) in [4.78, 5) is 28.4. The first-order valence-corrected chi connectivity index (χ1v) is 7.51. The van der Waals surface area contributed by atoms with Gasteiger partial charge in [0.2, 0.25) is 0 Å². The lowest BCUT2D eigenvalue weighted by Gasteiger charge is -2.33. The molecule has 1 atom stereocenters. The van der Waals surface area contributed by atoms with Crippen molar-refractivity contribution in [1.82, 2.24) is 29.9 Å². The number of aromatic amines is 2. The maximum atomic E-state index is 12.8. The van der Waals surface area contributed by atoms with Crippen LogP contribution in [0.25, 0.3) is 0 Å². The molecule has 0 aromatic carbocycles. The summed E-state index contributed by atoms with van der Waals surface area (Å²) >= 11 is 6.22. The van der Waals surface area contributed by atoms with Crippen LogP contribution in [0.5, 0.6) is 0 Å². The number of aromatic nitrogens is 5. The minimum Gasteiger partial charge on any atom is -0.327 e. The van der Waals surface area contributed by atoms with Gasteiger partial charge in [-0.15, -0.1) is 0 Å². The second-order valence-corrected chi connectivity index (χ2v) is 5.82. The van der Waals surface area contributed by atoms with Crippen LogP contribution in [-0.2, 0) is 7.05 Å². The lowest BCUT2D eigenvalue weighted by Crippen LogP contribution is -2.39. The third kappa shape index (κ3) is 2.43. The third-order valence-electron chi connectivity index (χ3n) is 4.06. The summed E-state index contributed by atoms with van der Waals surface area (Å²) in [6.07, 6.45) is 2.62. The van der Waals surface area contributed by atoms with E-state index in [1.807, 2.05) is 6.92 Å². The molecule has 3 heterocycles. The molecule has 0 bridgehead atoms. The van der Waals surface area contributed by atoms with Crippen LogP contribution in [0.1, 0.15) is 47.3 Å². The van der Waals surface area contributed by atoms with E-state index in [4.69, 9.17) is 11.6 Å². The van der Waals surface area contributed by atoms with Crippen molar-refractivity contribution in [3.8, 4) is 0 Å². The van der Waals surface area contributed by atoms with Gasteiger partial charge < -0.3 is 4.90 Å². The van der Waals surface area contributed by atoms with Crippen LogP contribution in [0.15, 0.2) is 4.79 Å². The molecule has 22 heavy (non-hydrogen) atoms. The van der Waals surface area contributed by atoms with Crippen LogP contribution in [0.2, 0.25) is 5.02 Å². The van der Waals surface area contributed by atoms with Crippen molar-refractivity contribution >= 4 is 17.5 Å². The van der Waals surface area contributed by atoms with Crippen LogP contribution < -0.4 is 5.69 Å². The summed E-state index contributed by atoms with van der Waals surface area (Å²) in [6.45, 7) is 2.40. The van der Waals surface area contributed by atoms with Crippen LogP contribution in [0.3, 0.4) is 0 Å². The summed E-state index contributed by atoms with van der Waals surface area (Å²) < 4.78 is 1.59. The summed E-state index contributed by atoms with van der Waals surface area (Å²) in [5.41, 5.74) is 0.609. The molecule has 2 aromatic heterocycles. The smallest absolute Gasteiger partial charge is 0.327 e. The molecule has 1 amide bonds. The summed E-state index contributed by atoms with van der Waals surface area (Å²) in [7, 11) is 1.75. The van der Waals surface area contributed by atoms with E-state index in [2.05, 4.69) is 20.3 Å². The first-order chi connectivity index (χ1) is 10.5. The van der Waals surface area contributed by atoms with Crippen molar-refractivity contribution in [3.63, 3.8) is 0 Å². The molecule has 1 saturated heterocycles. The molecular formula is C13H17ClN6O2. The molecule has 1 aliphatic rings. The third-order valence-corrected chi connectivity index (χ3v) is 4.51. The largest absolute Gasteiger partial charge is 0.340 e. The van der Waals surface area contributed by atoms with Crippen LogP contribution in [-0.4, -0.2) is 42.3 Å². The van der Waals surface area contributed by atoms with Gasteiger partial charge in [-0.05, 0) is 26.2 Å². The van der Waals surface area contributed by atoms with Crippen LogP contribution in [0, 0.1) is 6.92 Å². The van der Waals surface area contributed by atoms with Gasteiger partial charge in [0.1, 0.15) is 0 Å². The highest BCUT2D eigenvalue weighted by Gasteiger charge is 2.33. The van der Waals surface area contributed by atoms with Gasteiger partial charge in [-0.1, -0.05) is 11.6 Å². The lowest BCUT2D eigenvalue weighted by molar-refractivity contribution is 0.0593. The minimum atomic E-state index is -0.375. The average molecular weight is 325 g/mol. The van der Waals surface area contributed by atoms with Crippen molar-refractivity contribution in [2.24, 2.45) is 7.05 Å². The summed E-state index contributed by atoms with van der Waals surface area (Å²) in [6, 6.07) is -0.265. The maximum Gasteiger partial charge on any atom is 0.340 e. The molecule has 0 radical (unpaired) electrons. The number of H-pyrrole nitrogens is 2. The Bertz CT molecular complexity index is 761. The van der Waals surface area contributed by atoms with Gasteiger partial charge in [0.15, 0.2) is 11.5 Å². The van der Waals surface area contributed by atoms with Gasteiger partial charge in [0.25, 0.3) is 5.91 Å². The maximum absolute atomic E-state index is 12.8. The van der Waals surface area contributed by atoms with Crippen molar-refractivity contribution in [3.05, 3.63) is 32.7 Å². The molecule has 0 spiro atoms. The number of halogens is 1. The molecule has 0 aliphatic carbocycles. The van der Waals surface area contributed by atoms with Crippen molar-refractivity contribution in [2.45, 2.75) is 32.2 Å². The van der Waals surface area contributed by atoms with E-state index < -0.39 is 0 Å². The standard InChI is InChI=1S/C13H17ClN6O2/c1-7-9(14)10(18-19(7)2)12(21)20-6-4-3-5-8(20)11-15-13(22)17-16-11/h8H,3-6H2,1-2H3,(H2,15,16,17,22). The minimum absolute atomic E-state index is 0.234. The Labute approximate surface area is 131 Å². The molecule has 1 aliphatic heterocycles. The Kier molecular flexibility index (Phi) is 3.78. The predicted molar refractivity (Wildman–Crippen MR) is 79.8 cm³/mol. The normalized spacial score (nSPS) is 18.7. The summed E-state index contributed by atoms with van der Waals surface area (Å²) in [5.74, 6) is 0.240. The Morgan fingerprint density at radius 1 is 1.41 bits per heavy atom. The van der Waals surface area contributed by atoms with E-state index in [1.54, 1.807) is 16.6 Å². The molecule has 9 heteroatoms. The van der Waals surface area contributed by atoms with Crippen LogP contribution >= 0.6 is 11.6 Å². The second-order valence-electron chi connectivity index (χ2n) is 5.44. The summed E-state index contributed by atoms with van der Waals surface area (Å²) in [5, 5.41) is 10.9. The average Bonchev–Trinajstić information content (AvgIpc) is 3.06. The zero-order chi connectivity index (χ0) is 15.9. The molecule has 0 saturated carbocycles. The van der Waals surface area contributed by atoms with Crippen molar-refractivity contribution in [1.29, 1.82) is 0 Å². The van der Waals surface area contributed by atoms with Gasteiger partial charge in [0, 0.05) is 13.6 Å². The predicted octanol–water partition coefficient (Wildman–Crippen LogP) is 1.16. The Morgan fingerprint density at radius 2 is 2.18 bits per heavy atom. The number of nitrogens with one attached hydrogen (secondary N) is 2. The number of likely N-dealkylation sites (tertiary alicyclic amines) is 1. The van der Waals surface area contributed by atoms with Gasteiger partial charge in [0.05, 0.1) is 16.8 Å². The molecular weight excluding hydrogens is 308 g/mol. The quantitative estimate of drug-likeness (QED) is 0.865. The highest BCUT2D eigenvalue weighted by Crippen LogP contribution is 2.31. The second kappa shape index (κ2) is 5.60. The van der Waals surface area contributed by atoms with Crippen molar-refractivity contribution < 1.29 is 4.79 Å². The first-order valence-electron chi connectivity index (χ1n) is 7.13. The topological polar surface area (TPSA) is 99.7 Å². The van der Waals surface area contributed by atoms with E-state index in [0.29, 0.717) is 17.4 Å². The number of hydrogen-bond donors (Lipinski definition) is 2. The number of carbonyl (C=O) groups excluding carboxylic acids is 1. The van der Waals surface area contributed by atoms with Gasteiger partial charge in [-0.2, -0.15) is 10.2 Å². The fourth-order valence-electron chi connectivity index (χ4n) is 2.75. The monoisotopic (exact) mass is 324 g/mol. The number of piperidine rings is 1. The van der Waals surface area contributed by atoms with E-state index in [9.17, 15) is 9.59 Å². The van der Waals surface area contributed by atoms with E-state index in [0.717, 1.165) is 25.0 Å². The number of amides is 1. The highest BCUT2D eigenvalue weighted by molar-refractivity contribution is 6.34. The van der Waals surface area contributed by atoms with Gasteiger partial charge >= 0.3 is 5.69 Å². The highest BCUT2D eigenvalue weighted by atomic mass is 35.5. The number of hydrogen-bond acceptors (Lipinski definition) is 4. The molecule has 3 rings (SSSR count). The number of nitrogens with zero attached hydrogens (tertiary/aromatic N) is 4. The molecule has 118 valence electrons. The Hall–Kier alpha value is -2.09. The molecule has 1 unspecified atom stereocenters. The Balaban J connectivity index is 1.94. The number of carbonyl (C=O) groups is 1. The SMILES string of the molecule is Cc1c(Cl)c(C(=O)N2CCCCC2c2n[nH]c(=O)[nH]2)nn1C. The lowest BCUT2D eigenvalue weighted by atomic mass is 10.0. The number of aryl methyl sites for hydroxylation is 1. The molecule has 2 N–H and O–H groups in total. The van der Waals surface area contributed by atoms with E-state index in [1.165, 1.54) is 0 Å². The fourth-order valence-corrected chi connectivity index (χ4v) is 3.00. The zero-order valence-corrected chi connectivity index (χ0v) is 13.1. The molecule has 1 fully saturated rings. The van der Waals surface area contributed by atoms with Gasteiger partial charge in [-0.25, -0.2) is 9.89 Å². The van der Waals surface area contributed by atoms with E-state index >= 15 is 0 Å².